The number of methoxy groups -OCH3 is 1. The minimum Gasteiger partial charge on any atom is -0.497 e. The molecule has 0 aliphatic carbocycles. The lowest BCUT2D eigenvalue weighted by atomic mass is 10.1. The van der Waals surface area contributed by atoms with Crippen LogP contribution in [0.2, 0.25) is 0 Å². The van der Waals surface area contributed by atoms with Gasteiger partial charge in [-0.1, -0.05) is 18.2 Å². The summed E-state index contributed by atoms with van der Waals surface area (Å²) in [6, 6.07) is 16.3. The zero-order valence-electron chi connectivity index (χ0n) is 12.3. The second-order valence-corrected chi connectivity index (χ2v) is 4.73. The van der Waals surface area contributed by atoms with E-state index in [2.05, 4.69) is 34.6 Å². The van der Waals surface area contributed by atoms with Crippen LogP contribution in [0, 0.1) is 0 Å². The molecule has 0 amide bonds. The summed E-state index contributed by atoms with van der Waals surface area (Å²) < 4.78 is 44.1. The standard InChI is InChI=1S/C15H14N2O.BF4/c1-18-13-8-6-12(7-9-13)17-15-14-5-3-2-4-11(14)10-16-15;2-1(3,4)5/h2-9H,10H2,1H3,(H,16,17);/q;-1/p+1. The smallest absolute Gasteiger partial charge is 0.497 e. The van der Waals surface area contributed by atoms with Crippen LogP contribution in [-0.2, 0) is 6.54 Å². The van der Waals surface area contributed by atoms with Gasteiger partial charge in [0, 0.05) is 5.56 Å². The van der Waals surface area contributed by atoms with Gasteiger partial charge in [0.05, 0.1) is 12.7 Å². The minimum absolute atomic E-state index is 0.866. The van der Waals surface area contributed by atoms with Gasteiger partial charge in [-0.15, -0.1) is 0 Å². The van der Waals surface area contributed by atoms with Crippen LogP contribution in [-0.4, -0.2) is 20.2 Å². The van der Waals surface area contributed by atoms with Gasteiger partial charge in [0.2, 0.25) is 0 Å². The van der Waals surface area contributed by atoms with E-state index in [0.717, 1.165) is 23.8 Å². The molecular weight excluding hydrogens is 311 g/mol. The lowest BCUT2D eigenvalue weighted by Crippen LogP contribution is -2.69. The van der Waals surface area contributed by atoms with Crippen molar-refractivity contribution >= 4 is 18.8 Å². The Balaban J connectivity index is 0.000000338. The topological polar surface area (TPSA) is 35.2 Å². The predicted molar refractivity (Wildman–Crippen MR) is 82.0 cm³/mol. The zero-order valence-corrected chi connectivity index (χ0v) is 12.3. The molecule has 0 spiro atoms. The summed E-state index contributed by atoms with van der Waals surface area (Å²) in [7, 11) is -4.33. The van der Waals surface area contributed by atoms with Crippen molar-refractivity contribution in [1.29, 1.82) is 0 Å². The number of amidine groups is 1. The molecule has 3 nitrogen and oxygen atoms in total. The van der Waals surface area contributed by atoms with E-state index in [0.29, 0.717) is 0 Å². The fourth-order valence-electron chi connectivity index (χ4n) is 2.13. The first-order valence-corrected chi connectivity index (χ1v) is 6.84. The van der Waals surface area contributed by atoms with Crippen LogP contribution in [0.3, 0.4) is 0 Å². The molecule has 0 bridgehead atoms. The van der Waals surface area contributed by atoms with Gasteiger partial charge in [-0.05, 0) is 30.3 Å². The maximum absolute atomic E-state index is 9.75. The minimum atomic E-state index is -6.00. The summed E-state index contributed by atoms with van der Waals surface area (Å²) in [5.41, 5.74) is 3.62. The highest BCUT2D eigenvalue weighted by Gasteiger charge is 2.21. The molecule has 3 rings (SSSR count). The summed E-state index contributed by atoms with van der Waals surface area (Å²) >= 11 is 0. The lowest BCUT2D eigenvalue weighted by Gasteiger charge is -2.02. The monoisotopic (exact) mass is 326 g/mol. The first-order valence-electron chi connectivity index (χ1n) is 6.84. The van der Waals surface area contributed by atoms with Crippen molar-refractivity contribution in [2.75, 3.05) is 12.4 Å². The largest absolute Gasteiger partial charge is 0.673 e. The Morgan fingerprint density at radius 3 is 2.22 bits per heavy atom. The van der Waals surface area contributed by atoms with Gasteiger partial charge in [0.25, 0.3) is 5.84 Å². The van der Waals surface area contributed by atoms with Crippen LogP contribution in [0.5, 0.6) is 5.75 Å². The van der Waals surface area contributed by atoms with E-state index in [1.807, 2.05) is 24.3 Å². The van der Waals surface area contributed by atoms with E-state index in [4.69, 9.17) is 4.74 Å². The maximum Gasteiger partial charge on any atom is 0.673 e. The zero-order chi connectivity index (χ0) is 16.9. The Kier molecular flexibility index (Phi) is 5.26. The summed E-state index contributed by atoms with van der Waals surface area (Å²) in [6.07, 6.45) is 0. The molecule has 0 saturated carbocycles. The van der Waals surface area contributed by atoms with Crippen LogP contribution < -0.4 is 15.0 Å². The third kappa shape index (κ3) is 5.32. The van der Waals surface area contributed by atoms with E-state index in [-0.39, 0.29) is 0 Å². The van der Waals surface area contributed by atoms with E-state index >= 15 is 0 Å². The molecule has 8 heteroatoms. The number of fused-ring (bicyclic) bond motifs is 1. The van der Waals surface area contributed by atoms with Crippen LogP contribution in [0.1, 0.15) is 11.1 Å². The molecule has 2 N–H and O–H groups in total. The van der Waals surface area contributed by atoms with Crippen LogP contribution >= 0.6 is 0 Å². The van der Waals surface area contributed by atoms with Gasteiger partial charge in [-0.25, -0.2) is 5.32 Å². The quantitative estimate of drug-likeness (QED) is 0.657. The summed E-state index contributed by atoms with van der Waals surface area (Å²) in [4.78, 5) is 3.37. The highest BCUT2D eigenvalue weighted by atomic mass is 19.5. The van der Waals surface area contributed by atoms with Crippen molar-refractivity contribution in [2.24, 2.45) is 0 Å². The van der Waals surface area contributed by atoms with Gasteiger partial charge in [-0.2, -0.15) is 0 Å². The highest BCUT2D eigenvalue weighted by Crippen LogP contribution is 2.17. The molecule has 0 saturated heterocycles. The second-order valence-electron chi connectivity index (χ2n) is 4.73. The number of halogens is 4. The van der Waals surface area contributed by atoms with Gasteiger partial charge in [-0.3, -0.25) is 4.99 Å². The fraction of sp³-hybridized carbons (Fsp3) is 0.133. The molecule has 122 valence electrons. The molecule has 0 radical (unpaired) electrons. The van der Waals surface area contributed by atoms with Crippen LogP contribution in [0.15, 0.2) is 48.5 Å². The number of anilines is 1. The van der Waals surface area contributed by atoms with Crippen molar-refractivity contribution in [3.05, 3.63) is 59.7 Å². The first-order chi connectivity index (χ1) is 10.9. The van der Waals surface area contributed by atoms with Gasteiger partial charge in [0.15, 0.2) is 0 Å². The van der Waals surface area contributed by atoms with E-state index in [1.165, 1.54) is 11.1 Å². The van der Waals surface area contributed by atoms with Crippen LogP contribution in [0.25, 0.3) is 0 Å². The first kappa shape index (κ1) is 16.9. The molecule has 0 unspecified atom stereocenters. The number of benzene rings is 2. The molecular formula is C15H15BF4N2O. The SMILES string of the molecule is COc1ccc(NC2=[NH+]Cc3ccccc32)cc1.F[B-](F)(F)F. The Bertz CT molecular complexity index is 681. The second kappa shape index (κ2) is 7.17. The average Bonchev–Trinajstić information content (AvgIpc) is 2.90. The number of hydrogen-bond acceptors (Lipinski definition) is 2. The Morgan fingerprint density at radius 1 is 1.00 bits per heavy atom. The van der Waals surface area contributed by atoms with Gasteiger partial charge >= 0.3 is 7.25 Å². The summed E-state index contributed by atoms with van der Waals surface area (Å²) in [6.45, 7) is 0.884. The van der Waals surface area contributed by atoms with E-state index < -0.39 is 7.25 Å². The molecule has 1 aliphatic heterocycles. The van der Waals surface area contributed by atoms with Gasteiger partial charge in [0.1, 0.15) is 18.0 Å². The lowest BCUT2D eigenvalue weighted by molar-refractivity contribution is -0.469. The molecule has 1 aliphatic rings. The van der Waals surface area contributed by atoms with E-state index in [9.17, 15) is 17.3 Å². The average molecular weight is 326 g/mol. The number of ether oxygens (including phenoxy) is 1. The molecule has 0 atom stereocenters. The third-order valence-corrected chi connectivity index (χ3v) is 3.10. The number of rotatable bonds is 2. The molecule has 0 aromatic heterocycles. The van der Waals surface area contributed by atoms with Crippen molar-refractivity contribution < 1.29 is 27.0 Å². The van der Waals surface area contributed by atoms with Crippen molar-refractivity contribution in [3.63, 3.8) is 0 Å². The van der Waals surface area contributed by atoms with Crippen LogP contribution in [0.4, 0.5) is 23.0 Å². The molecule has 2 aromatic rings. The highest BCUT2D eigenvalue weighted by molar-refractivity contribution is 6.50. The molecule has 23 heavy (non-hydrogen) atoms. The van der Waals surface area contributed by atoms with Crippen molar-refractivity contribution in [1.82, 2.24) is 0 Å². The summed E-state index contributed by atoms with van der Waals surface area (Å²) in [5.74, 6) is 1.93. The number of hydrogen-bond donors (Lipinski definition) is 2. The summed E-state index contributed by atoms with van der Waals surface area (Å²) in [5, 5.41) is 3.40. The third-order valence-electron chi connectivity index (χ3n) is 3.10. The molecule has 2 aromatic carbocycles. The van der Waals surface area contributed by atoms with Crippen molar-refractivity contribution in [2.45, 2.75) is 6.54 Å². The Hall–Kier alpha value is -2.51. The van der Waals surface area contributed by atoms with Crippen molar-refractivity contribution in [3.8, 4) is 5.75 Å². The molecule has 0 fully saturated rings. The maximum atomic E-state index is 9.75. The van der Waals surface area contributed by atoms with E-state index in [1.54, 1.807) is 7.11 Å². The number of nitrogens with one attached hydrogen (secondary N) is 2. The Labute approximate surface area is 131 Å². The predicted octanol–water partition coefficient (Wildman–Crippen LogP) is 2.45. The fourth-order valence-corrected chi connectivity index (χ4v) is 2.13. The normalized spacial score (nSPS) is 12.7. The van der Waals surface area contributed by atoms with Gasteiger partial charge < -0.3 is 22.0 Å². The molecule has 1 heterocycles. The Morgan fingerprint density at radius 2 is 1.61 bits per heavy atom.